The lowest BCUT2D eigenvalue weighted by Crippen LogP contribution is -2.09. The first-order valence-corrected chi connectivity index (χ1v) is 9.78. The van der Waals surface area contributed by atoms with Crippen molar-refractivity contribution in [1.29, 1.82) is 0 Å². The highest BCUT2D eigenvalue weighted by Crippen LogP contribution is 2.29. The van der Waals surface area contributed by atoms with Gasteiger partial charge in [0.2, 0.25) is 5.91 Å². The lowest BCUT2D eigenvalue weighted by atomic mass is 10.1. The van der Waals surface area contributed by atoms with Crippen LogP contribution >= 0.6 is 11.6 Å². The summed E-state index contributed by atoms with van der Waals surface area (Å²) in [7, 11) is 3.10. The number of carbonyl (C=O) groups is 1. The van der Waals surface area contributed by atoms with E-state index in [1.165, 1.54) is 11.6 Å². The van der Waals surface area contributed by atoms with E-state index in [1.807, 2.05) is 26.0 Å². The van der Waals surface area contributed by atoms with Gasteiger partial charge in [-0.2, -0.15) is 5.10 Å². The average Bonchev–Trinajstić information content (AvgIpc) is 3.00. The molecule has 0 spiro atoms. The van der Waals surface area contributed by atoms with Gasteiger partial charge in [-0.1, -0.05) is 41.4 Å². The quantitative estimate of drug-likeness (QED) is 0.548. The van der Waals surface area contributed by atoms with Gasteiger partial charge in [-0.25, -0.2) is 4.68 Å². The zero-order valence-corrected chi connectivity index (χ0v) is 18.2. The van der Waals surface area contributed by atoms with E-state index in [1.54, 1.807) is 43.2 Å². The van der Waals surface area contributed by atoms with Crippen molar-refractivity contribution in [2.24, 2.45) is 0 Å². The van der Waals surface area contributed by atoms with E-state index in [0.29, 0.717) is 34.4 Å². The maximum absolute atomic E-state index is 12.4. The molecule has 1 heterocycles. The van der Waals surface area contributed by atoms with Gasteiger partial charge in [0, 0.05) is 17.7 Å². The Morgan fingerprint density at radius 1 is 1.13 bits per heavy atom. The Labute approximate surface area is 181 Å². The highest BCUT2D eigenvalue weighted by atomic mass is 35.5. The molecule has 6 nitrogen and oxygen atoms in total. The van der Waals surface area contributed by atoms with Crippen molar-refractivity contribution in [2.75, 3.05) is 19.5 Å². The molecule has 156 valence electrons. The number of hydrogen-bond donors (Lipinski definition) is 1. The number of nitrogens with one attached hydrogen (secondary N) is 1. The monoisotopic (exact) mass is 425 g/mol. The van der Waals surface area contributed by atoms with Crippen LogP contribution in [-0.2, 0) is 11.3 Å². The molecule has 0 atom stereocenters. The predicted octanol–water partition coefficient (Wildman–Crippen LogP) is 4.87. The van der Waals surface area contributed by atoms with Gasteiger partial charge >= 0.3 is 0 Å². The summed E-state index contributed by atoms with van der Waals surface area (Å²) in [4.78, 5) is 12.4. The zero-order valence-electron chi connectivity index (χ0n) is 17.4. The number of aromatic nitrogens is 2. The summed E-state index contributed by atoms with van der Waals surface area (Å²) in [5.41, 5.74) is 4.27. The molecule has 7 heteroatoms. The van der Waals surface area contributed by atoms with Crippen molar-refractivity contribution in [3.05, 3.63) is 76.1 Å². The summed E-state index contributed by atoms with van der Waals surface area (Å²) in [5, 5.41) is 7.78. The largest absolute Gasteiger partial charge is 0.497 e. The van der Waals surface area contributed by atoms with Crippen LogP contribution < -0.4 is 14.8 Å². The number of benzene rings is 2. The van der Waals surface area contributed by atoms with Gasteiger partial charge in [-0.3, -0.25) is 4.79 Å². The lowest BCUT2D eigenvalue weighted by molar-refractivity contribution is -0.111. The van der Waals surface area contributed by atoms with E-state index in [9.17, 15) is 4.79 Å². The van der Waals surface area contributed by atoms with Crippen LogP contribution in [0.5, 0.6) is 11.5 Å². The summed E-state index contributed by atoms with van der Waals surface area (Å²) < 4.78 is 12.2. The molecule has 2 aromatic carbocycles. The molecule has 0 aliphatic carbocycles. The third-order valence-corrected chi connectivity index (χ3v) is 5.03. The van der Waals surface area contributed by atoms with Crippen LogP contribution in [-0.4, -0.2) is 29.9 Å². The smallest absolute Gasteiger partial charge is 0.248 e. The Hall–Kier alpha value is -3.25. The topological polar surface area (TPSA) is 65.4 Å². The summed E-state index contributed by atoms with van der Waals surface area (Å²) >= 11 is 6.52. The van der Waals surface area contributed by atoms with Crippen LogP contribution in [0.4, 0.5) is 5.69 Å². The molecule has 0 fully saturated rings. The Bertz CT molecular complexity index is 1070. The fourth-order valence-electron chi connectivity index (χ4n) is 2.97. The lowest BCUT2D eigenvalue weighted by Gasteiger charge is -2.10. The Morgan fingerprint density at radius 3 is 2.53 bits per heavy atom. The highest BCUT2D eigenvalue weighted by molar-refractivity contribution is 6.31. The number of anilines is 1. The minimum atomic E-state index is -0.316. The highest BCUT2D eigenvalue weighted by Gasteiger charge is 2.13. The molecular weight excluding hydrogens is 402 g/mol. The van der Waals surface area contributed by atoms with Gasteiger partial charge < -0.3 is 14.8 Å². The molecular formula is C23H24ClN3O3. The van der Waals surface area contributed by atoms with E-state index in [0.717, 1.165) is 11.3 Å². The van der Waals surface area contributed by atoms with Crippen molar-refractivity contribution in [3.8, 4) is 11.5 Å². The fourth-order valence-corrected chi connectivity index (χ4v) is 3.27. The number of nitrogens with zero attached hydrogens (tertiary/aromatic N) is 2. The van der Waals surface area contributed by atoms with Crippen molar-refractivity contribution in [2.45, 2.75) is 20.4 Å². The Morgan fingerprint density at radius 2 is 1.87 bits per heavy atom. The first kappa shape index (κ1) is 21.5. The van der Waals surface area contributed by atoms with E-state index >= 15 is 0 Å². The number of hydrogen-bond acceptors (Lipinski definition) is 4. The number of aryl methyl sites for hydroxylation is 2. The zero-order chi connectivity index (χ0) is 21.7. The third kappa shape index (κ3) is 5.02. The van der Waals surface area contributed by atoms with Gasteiger partial charge in [0.05, 0.1) is 32.1 Å². The van der Waals surface area contributed by atoms with Crippen molar-refractivity contribution in [3.63, 3.8) is 0 Å². The van der Waals surface area contributed by atoms with Gasteiger partial charge in [0.1, 0.15) is 16.7 Å². The van der Waals surface area contributed by atoms with Gasteiger partial charge in [-0.05, 0) is 37.6 Å². The van der Waals surface area contributed by atoms with Gasteiger partial charge in [-0.15, -0.1) is 0 Å². The Balaban J connectivity index is 1.75. The van der Waals surface area contributed by atoms with Crippen LogP contribution in [0.2, 0.25) is 5.15 Å². The molecule has 0 bridgehead atoms. The first-order valence-electron chi connectivity index (χ1n) is 9.40. The second-order valence-electron chi connectivity index (χ2n) is 6.82. The molecule has 30 heavy (non-hydrogen) atoms. The molecule has 1 amide bonds. The molecule has 0 saturated carbocycles. The SMILES string of the molecule is COc1ccc(OC)c(NC(=O)/C=C/c2c(C)nn(Cc3ccc(C)cc3)c2Cl)c1. The minimum absolute atomic E-state index is 0.316. The molecule has 3 rings (SSSR count). The fraction of sp³-hybridized carbons (Fsp3) is 0.217. The van der Waals surface area contributed by atoms with Crippen LogP contribution in [0.25, 0.3) is 6.08 Å². The summed E-state index contributed by atoms with van der Waals surface area (Å²) in [6, 6.07) is 13.4. The second kappa shape index (κ2) is 9.50. The Kier molecular flexibility index (Phi) is 6.79. The van der Waals surface area contributed by atoms with Gasteiger partial charge in [0.25, 0.3) is 0 Å². The molecule has 0 aliphatic heterocycles. The second-order valence-corrected chi connectivity index (χ2v) is 7.18. The molecule has 0 saturated heterocycles. The van der Waals surface area contributed by atoms with E-state index < -0.39 is 0 Å². The maximum atomic E-state index is 12.4. The molecule has 1 aromatic heterocycles. The molecule has 1 N–H and O–H groups in total. The van der Waals surface area contributed by atoms with E-state index in [2.05, 4.69) is 22.5 Å². The summed E-state index contributed by atoms with van der Waals surface area (Å²) in [6.07, 6.45) is 3.09. The summed E-state index contributed by atoms with van der Waals surface area (Å²) in [6.45, 7) is 4.46. The van der Waals surface area contributed by atoms with E-state index in [-0.39, 0.29) is 5.91 Å². The number of rotatable bonds is 7. The molecule has 3 aromatic rings. The van der Waals surface area contributed by atoms with Crippen molar-refractivity contribution >= 4 is 29.3 Å². The van der Waals surface area contributed by atoms with Crippen LogP contribution in [0, 0.1) is 13.8 Å². The summed E-state index contributed by atoms with van der Waals surface area (Å²) in [5.74, 6) is 0.840. The molecule has 0 aliphatic rings. The van der Waals surface area contributed by atoms with Crippen LogP contribution in [0.3, 0.4) is 0 Å². The first-order chi connectivity index (χ1) is 14.4. The van der Waals surface area contributed by atoms with Gasteiger partial charge in [0.15, 0.2) is 0 Å². The molecule has 0 radical (unpaired) electrons. The number of methoxy groups -OCH3 is 2. The van der Waals surface area contributed by atoms with Crippen molar-refractivity contribution < 1.29 is 14.3 Å². The minimum Gasteiger partial charge on any atom is -0.497 e. The number of halogens is 1. The normalized spacial score (nSPS) is 11.0. The van der Waals surface area contributed by atoms with Crippen LogP contribution in [0.15, 0.2) is 48.5 Å². The van der Waals surface area contributed by atoms with Crippen LogP contribution in [0.1, 0.15) is 22.4 Å². The number of amides is 1. The van der Waals surface area contributed by atoms with E-state index in [4.69, 9.17) is 21.1 Å². The predicted molar refractivity (Wildman–Crippen MR) is 119 cm³/mol. The molecule has 0 unspecified atom stereocenters. The van der Waals surface area contributed by atoms with Crippen molar-refractivity contribution in [1.82, 2.24) is 9.78 Å². The standard InChI is InChI=1S/C23H24ClN3O3/c1-15-5-7-17(8-6-15)14-27-23(24)19(16(2)26-27)10-12-22(28)25-20-13-18(29-3)9-11-21(20)30-4/h5-13H,14H2,1-4H3,(H,25,28)/b12-10+. The average molecular weight is 426 g/mol. The maximum Gasteiger partial charge on any atom is 0.248 e. The number of carbonyl (C=O) groups excluding carboxylic acids is 1. The number of ether oxygens (including phenoxy) is 2. The third-order valence-electron chi connectivity index (χ3n) is 4.63.